The van der Waals surface area contributed by atoms with Gasteiger partial charge in [0.2, 0.25) is 0 Å². The summed E-state index contributed by atoms with van der Waals surface area (Å²) in [5.74, 6) is -0.190. The van der Waals surface area contributed by atoms with Crippen LogP contribution in [0, 0.1) is 5.92 Å². The van der Waals surface area contributed by atoms with Crippen LogP contribution in [-0.4, -0.2) is 74.1 Å². The number of carbonyl (C=O) groups is 2. The smallest absolute Gasteiger partial charge is 0.312 e. The van der Waals surface area contributed by atoms with Gasteiger partial charge >= 0.3 is 11.8 Å². The lowest BCUT2D eigenvalue weighted by atomic mass is 10.1. The minimum atomic E-state index is -0.372. The highest BCUT2D eigenvalue weighted by Crippen LogP contribution is 2.35. The number of hydrogen-bond donors (Lipinski definition) is 1. The van der Waals surface area contributed by atoms with Gasteiger partial charge in [0.05, 0.1) is 6.61 Å². The minimum absolute atomic E-state index is 0.129. The molecule has 0 spiro atoms. The van der Waals surface area contributed by atoms with Crippen molar-refractivity contribution in [2.45, 2.75) is 25.8 Å². The Morgan fingerprint density at radius 1 is 1.35 bits per heavy atom. The van der Waals surface area contributed by atoms with Gasteiger partial charge in [0.25, 0.3) is 0 Å². The summed E-state index contributed by atoms with van der Waals surface area (Å²) in [5, 5.41) is 3.18. The van der Waals surface area contributed by atoms with Gasteiger partial charge in [-0.2, -0.15) is 0 Å². The van der Waals surface area contributed by atoms with Gasteiger partial charge in [-0.05, 0) is 25.7 Å². The van der Waals surface area contributed by atoms with Crippen LogP contribution in [0.4, 0.5) is 0 Å². The normalized spacial score (nSPS) is 20.6. The SMILES string of the molecule is COCCN(C(=O)C(=O)N1CCNCC1)C(C)C1CC1. The first-order valence-corrected chi connectivity index (χ1v) is 7.44. The Hall–Kier alpha value is -1.14. The lowest BCUT2D eigenvalue weighted by Crippen LogP contribution is -2.54. The van der Waals surface area contributed by atoms with Crippen molar-refractivity contribution in [1.29, 1.82) is 0 Å². The molecule has 1 unspecified atom stereocenters. The van der Waals surface area contributed by atoms with Gasteiger partial charge in [0.15, 0.2) is 0 Å². The average molecular weight is 283 g/mol. The summed E-state index contributed by atoms with van der Waals surface area (Å²) in [6.07, 6.45) is 2.31. The predicted octanol–water partition coefficient (Wildman–Crippen LogP) is -0.308. The number of carbonyl (C=O) groups excluding carboxylic acids is 2. The zero-order valence-corrected chi connectivity index (χ0v) is 12.4. The minimum Gasteiger partial charge on any atom is -0.383 e. The van der Waals surface area contributed by atoms with Gasteiger partial charge < -0.3 is 19.9 Å². The zero-order valence-electron chi connectivity index (χ0n) is 12.4. The van der Waals surface area contributed by atoms with Crippen LogP contribution in [0.15, 0.2) is 0 Å². The fraction of sp³-hybridized carbons (Fsp3) is 0.857. The summed E-state index contributed by atoms with van der Waals surface area (Å²) >= 11 is 0. The van der Waals surface area contributed by atoms with E-state index >= 15 is 0 Å². The van der Waals surface area contributed by atoms with Gasteiger partial charge in [-0.1, -0.05) is 0 Å². The van der Waals surface area contributed by atoms with E-state index in [0.29, 0.717) is 32.2 Å². The molecule has 1 saturated heterocycles. The fourth-order valence-electron chi connectivity index (χ4n) is 2.64. The lowest BCUT2D eigenvalue weighted by molar-refractivity contribution is -0.154. The molecule has 0 aromatic rings. The molecule has 2 rings (SSSR count). The molecule has 0 aromatic carbocycles. The number of nitrogens with one attached hydrogen (secondary N) is 1. The van der Waals surface area contributed by atoms with Crippen LogP contribution in [0.25, 0.3) is 0 Å². The van der Waals surface area contributed by atoms with Crippen LogP contribution in [0.2, 0.25) is 0 Å². The van der Waals surface area contributed by atoms with Gasteiger partial charge in [0, 0.05) is 45.9 Å². The largest absolute Gasteiger partial charge is 0.383 e. The summed E-state index contributed by atoms with van der Waals surface area (Å²) in [5.41, 5.74) is 0. The molecule has 2 amide bonds. The average Bonchev–Trinajstić information content (AvgIpc) is 3.32. The molecule has 1 aliphatic heterocycles. The van der Waals surface area contributed by atoms with Crippen molar-refractivity contribution in [3.05, 3.63) is 0 Å². The second-order valence-corrected chi connectivity index (χ2v) is 5.61. The first-order chi connectivity index (χ1) is 9.65. The molecule has 0 aromatic heterocycles. The second-order valence-electron chi connectivity index (χ2n) is 5.61. The number of ether oxygens (including phenoxy) is 1. The molecule has 0 bridgehead atoms. The molecule has 1 N–H and O–H groups in total. The highest BCUT2D eigenvalue weighted by atomic mass is 16.5. The van der Waals surface area contributed by atoms with Crippen LogP contribution in [0.3, 0.4) is 0 Å². The lowest BCUT2D eigenvalue weighted by Gasteiger charge is -2.32. The Bertz CT molecular complexity index is 352. The van der Waals surface area contributed by atoms with Gasteiger partial charge in [-0.25, -0.2) is 0 Å². The second kappa shape index (κ2) is 7.04. The third kappa shape index (κ3) is 3.70. The van der Waals surface area contributed by atoms with Crippen LogP contribution in [0.5, 0.6) is 0 Å². The Morgan fingerprint density at radius 2 is 2.00 bits per heavy atom. The zero-order chi connectivity index (χ0) is 14.5. The number of methoxy groups -OCH3 is 1. The molecule has 1 atom stereocenters. The fourth-order valence-corrected chi connectivity index (χ4v) is 2.64. The maximum absolute atomic E-state index is 12.5. The third-order valence-corrected chi connectivity index (χ3v) is 4.18. The van der Waals surface area contributed by atoms with Crippen molar-refractivity contribution in [3.8, 4) is 0 Å². The first kappa shape index (κ1) is 15.3. The number of amides is 2. The van der Waals surface area contributed by atoms with Crippen molar-refractivity contribution in [2.75, 3.05) is 46.4 Å². The van der Waals surface area contributed by atoms with Crippen molar-refractivity contribution >= 4 is 11.8 Å². The predicted molar refractivity (Wildman–Crippen MR) is 75.2 cm³/mol. The molecule has 114 valence electrons. The first-order valence-electron chi connectivity index (χ1n) is 7.44. The summed E-state index contributed by atoms with van der Waals surface area (Å²) in [6.45, 7) is 5.74. The molecule has 1 aliphatic carbocycles. The number of hydrogen-bond acceptors (Lipinski definition) is 4. The molecule has 0 radical (unpaired) electrons. The van der Waals surface area contributed by atoms with E-state index in [2.05, 4.69) is 5.32 Å². The van der Waals surface area contributed by atoms with E-state index in [0.717, 1.165) is 25.9 Å². The van der Waals surface area contributed by atoms with Crippen LogP contribution in [-0.2, 0) is 14.3 Å². The van der Waals surface area contributed by atoms with E-state index in [1.54, 1.807) is 16.9 Å². The van der Waals surface area contributed by atoms with Crippen LogP contribution in [0.1, 0.15) is 19.8 Å². The molecule has 1 saturated carbocycles. The Labute approximate surface area is 120 Å². The van der Waals surface area contributed by atoms with E-state index in [-0.39, 0.29) is 17.9 Å². The van der Waals surface area contributed by atoms with E-state index < -0.39 is 0 Å². The van der Waals surface area contributed by atoms with Crippen molar-refractivity contribution in [3.63, 3.8) is 0 Å². The van der Waals surface area contributed by atoms with Crippen molar-refractivity contribution in [2.24, 2.45) is 5.92 Å². The standard InChI is InChI=1S/C14H25N3O3/c1-11(12-3-4-12)17(9-10-20-2)14(19)13(18)16-7-5-15-6-8-16/h11-12,15H,3-10H2,1-2H3. The van der Waals surface area contributed by atoms with Crippen molar-refractivity contribution in [1.82, 2.24) is 15.1 Å². The number of nitrogens with zero attached hydrogens (tertiary/aromatic N) is 2. The maximum Gasteiger partial charge on any atom is 0.312 e. The van der Waals surface area contributed by atoms with E-state index in [1.165, 1.54) is 0 Å². The molecular weight excluding hydrogens is 258 g/mol. The monoisotopic (exact) mass is 283 g/mol. The molecule has 2 fully saturated rings. The van der Waals surface area contributed by atoms with Gasteiger partial charge in [-0.15, -0.1) is 0 Å². The Kier molecular flexibility index (Phi) is 5.37. The number of rotatable bonds is 5. The van der Waals surface area contributed by atoms with Crippen LogP contribution >= 0.6 is 0 Å². The van der Waals surface area contributed by atoms with E-state index in [4.69, 9.17) is 4.74 Å². The third-order valence-electron chi connectivity index (χ3n) is 4.18. The van der Waals surface area contributed by atoms with E-state index in [9.17, 15) is 9.59 Å². The highest BCUT2D eigenvalue weighted by molar-refractivity contribution is 6.35. The Balaban J connectivity index is 1.98. The van der Waals surface area contributed by atoms with Gasteiger partial charge in [0.1, 0.15) is 0 Å². The van der Waals surface area contributed by atoms with Crippen LogP contribution < -0.4 is 5.32 Å². The van der Waals surface area contributed by atoms with E-state index in [1.807, 2.05) is 6.92 Å². The quantitative estimate of drug-likeness (QED) is 0.703. The van der Waals surface area contributed by atoms with Crippen molar-refractivity contribution < 1.29 is 14.3 Å². The Morgan fingerprint density at radius 3 is 2.55 bits per heavy atom. The maximum atomic E-state index is 12.5. The molecule has 20 heavy (non-hydrogen) atoms. The molecule has 6 heteroatoms. The molecule has 2 aliphatic rings. The highest BCUT2D eigenvalue weighted by Gasteiger charge is 2.37. The summed E-state index contributed by atoms with van der Waals surface area (Å²) in [7, 11) is 1.61. The van der Waals surface area contributed by atoms with Gasteiger partial charge in [-0.3, -0.25) is 9.59 Å². The summed E-state index contributed by atoms with van der Waals surface area (Å²) in [4.78, 5) is 28.1. The number of piperazine rings is 1. The topological polar surface area (TPSA) is 61.9 Å². The summed E-state index contributed by atoms with van der Waals surface area (Å²) < 4.78 is 5.07. The molecule has 6 nitrogen and oxygen atoms in total. The molecule has 1 heterocycles. The molecular formula is C14H25N3O3. The summed E-state index contributed by atoms with van der Waals surface area (Å²) in [6, 6.07) is 0.129.